The molecule has 1 aliphatic rings. The third-order valence-electron chi connectivity index (χ3n) is 3.92. The lowest BCUT2D eigenvalue weighted by atomic mass is 9.99. The summed E-state index contributed by atoms with van der Waals surface area (Å²) in [4.78, 5) is 0. The zero-order valence-electron chi connectivity index (χ0n) is 13.4. The van der Waals surface area contributed by atoms with E-state index in [9.17, 15) is 0 Å². The minimum absolute atomic E-state index is 0.00917. The van der Waals surface area contributed by atoms with E-state index in [0.717, 1.165) is 24.2 Å². The Kier molecular flexibility index (Phi) is 5.55. The number of nitrogens with one attached hydrogen (secondary N) is 2. The van der Waals surface area contributed by atoms with Crippen LogP contribution in [0.15, 0.2) is 18.2 Å². The average Bonchev–Trinajstić information content (AvgIpc) is 2.54. The predicted octanol–water partition coefficient (Wildman–Crippen LogP) is 3.56. The molecule has 0 amide bonds. The standard InChI is InChI=1S/C17H24N2O3/c1-11(2)14-5-4-13(10-15(14)20-3)17(19)22-16(18)12-6-8-21-9-7-12/h4-5,10-12,18-19H,6-9H2,1-3H3. The van der Waals surface area contributed by atoms with Crippen LogP contribution < -0.4 is 4.74 Å². The van der Waals surface area contributed by atoms with E-state index in [1.54, 1.807) is 13.2 Å². The van der Waals surface area contributed by atoms with Gasteiger partial charge in [0, 0.05) is 24.7 Å². The van der Waals surface area contributed by atoms with Crippen LogP contribution in [0.25, 0.3) is 0 Å². The molecule has 0 radical (unpaired) electrons. The molecule has 120 valence electrons. The van der Waals surface area contributed by atoms with E-state index in [4.69, 9.17) is 25.0 Å². The van der Waals surface area contributed by atoms with Crippen molar-refractivity contribution in [2.75, 3.05) is 20.3 Å². The Morgan fingerprint density at radius 2 is 1.91 bits per heavy atom. The van der Waals surface area contributed by atoms with Crippen LogP contribution in [0.5, 0.6) is 5.75 Å². The van der Waals surface area contributed by atoms with Gasteiger partial charge in [0.1, 0.15) is 5.75 Å². The molecule has 1 aliphatic heterocycles. The third-order valence-corrected chi connectivity index (χ3v) is 3.92. The van der Waals surface area contributed by atoms with Crippen LogP contribution in [0.3, 0.4) is 0 Å². The minimum Gasteiger partial charge on any atom is -0.496 e. The van der Waals surface area contributed by atoms with Crippen molar-refractivity contribution in [1.29, 1.82) is 10.8 Å². The Balaban J connectivity index is 2.07. The highest BCUT2D eigenvalue weighted by Gasteiger charge is 2.22. The number of methoxy groups -OCH3 is 1. The highest BCUT2D eigenvalue weighted by Crippen LogP contribution is 2.27. The molecule has 0 unspecified atom stereocenters. The Morgan fingerprint density at radius 1 is 1.23 bits per heavy atom. The fraction of sp³-hybridized carbons (Fsp3) is 0.529. The maximum absolute atomic E-state index is 8.08. The molecule has 1 aromatic carbocycles. The van der Waals surface area contributed by atoms with E-state index >= 15 is 0 Å². The first kappa shape index (κ1) is 16.5. The van der Waals surface area contributed by atoms with Gasteiger partial charge in [-0.05, 0) is 36.5 Å². The zero-order chi connectivity index (χ0) is 16.1. The van der Waals surface area contributed by atoms with E-state index in [1.165, 1.54) is 0 Å². The largest absolute Gasteiger partial charge is 0.496 e. The quantitative estimate of drug-likeness (QED) is 0.659. The summed E-state index contributed by atoms with van der Waals surface area (Å²) in [5, 5.41) is 16.1. The van der Waals surface area contributed by atoms with Crippen molar-refractivity contribution in [3.05, 3.63) is 29.3 Å². The molecule has 22 heavy (non-hydrogen) atoms. The van der Waals surface area contributed by atoms with Gasteiger partial charge in [-0.1, -0.05) is 19.9 Å². The van der Waals surface area contributed by atoms with Crippen molar-refractivity contribution < 1.29 is 14.2 Å². The first-order valence-electron chi connectivity index (χ1n) is 7.63. The van der Waals surface area contributed by atoms with Crippen LogP contribution in [-0.2, 0) is 9.47 Å². The second kappa shape index (κ2) is 7.40. The number of rotatable bonds is 4. The molecule has 5 heteroatoms. The lowest BCUT2D eigenvalue weighted by Gasteiger charge is -2.22. The summed E-state index contributed by atoms with van der Waals surface area (Å²) in [6.45, 7) is 5.50. The minimum atomic E-state index is -0.00917. The van der Waals surface area contributed by atoms with Crippen molar-refractivity contribution >= 4 is 11.8 Å². The van der Waals surface area contributed by atoms with Crippen molar-refractivity contribution in [3.8, 4) is 5.75 Å². The van der Waals surface area contributed by atoms with E-state index < -0.39 is 0 Å². The second-order valence-corrected chi connectivity index (χ2v) is 5.79. The van der Waals surface area contributed by atoms with Crippen molar-refractivity contribution in [2.24, 2.45) is 5.92 Å². The molecule has 2 rings (SSSR count). The van der Waals surface area contributed by atoms with Crippen molar-refractivity contribution in [3.63, 3.8) is 0 Å². The van der Waals surface area contributed by atoms with Crippen molar-refractivity contribution in [2.45, 2.75) is 32.6 Å². The Bertz CT molecular complexity index is 549. The summed E-state index contributed by atoms with van der Waals surface area (Å²) in [5.74, 6) is 1.29. The monoisotopic (exact) mass is 304 g/mol. The molecule has 0 saturated carbocycles. The second-order valence-electron chi connectivity index (χ2n) is 5.79. The Labute approximate surface area is 131 Å². The number of ether oxygens (including phenoxy) is 3. The first-order chi connectivity index (χ1) is 10.5. The smallest absolute Gasteiger partial charge is 0.221 e. The van der Waals surface area contributed by atoms with Gasteiger partial charge in [0.2, 0.25) is 5.90 Å². The summed E-state index contributed by atoms with van der Waals surface area (Å²) >= 11 is 0. The molecular formula is C17H24N2O3. The Morgan fingerprint density at radius 3 is 2.50 bits per heavy atom. The molecule has 1 fully saturated rings. The van der Waals surface area contributed by atoms with E-state index in [-0.39, 0.29) is 17.7 Å². The van der Waals surface area contributed by atoms with Gasteiger partial charge < -0.3 is 14.2 Å². The van der Waals surface area contributed by atoms with Crippen LogP contribution in [0, 0.1) is 16.7 Å². The highest BCUT2D eigenvalue weighted by atomic mass is 16.5. The molecule has 1 saturated heterocycles. The molecule has 2 N–H and O–H groups in total. The van der Waals surface area contributed by atoms with Gasteiger partial charge in [-0.3, -0.25) is 10.8 Å². The normalized spacial score (nSPS) is 15.6. The van der Waals surface area contributed by atoms with Crippen molar-refractivity contribution in [1.82, 2.24) is 0 Å². The molecule has 1 aromatic rings. The molecule has 1 heterocycles. The number of hydrogen-bond acceptors (Lipinski definition) is 5. The summed E-state index contributed by atoms with van der Waals surface area (Å²) in [5.41, 5.74) is 1.72. The predicted molar refractivity (Wildman–Crippen MR) is 86.3 cm³/mol. The fourth-order valence-corrected chi connectivity index (χ4v) is 2.54. The van der Waals surface area contributed by atoms with Gasteiger partial charge in [0.15, 0.2) is 5.90 Å². The van der Waals surface area contributed by atoms with Crippen LogP contribution in [0.1, 0.15) is 43.7 Å². The van der Waals surface area contributed by atoms with Gasteiger partial charge in [-0.25, -0.2) is 0 Å². The summed E-state index contributed by atoms with van der Waals surface area (Å²) in [7, 11) is 1.62. The summed E-state index contributed by atoms with van der Waals surface area (Å²) < 4.78 is 16.1. The summed E-state index contributed by atoms with van der Waals surface area (Å²) in [6.07, 6.45) is 1.56. The topological polar surface area (TPSA) is 75.4 Å². The first-order valence-corrected chi connectivity index (χ1v) is 7.63. The Hall–Kier alpha value is -1.88. The lowest BCUT2D eigenvalue weighted by molar-refractivity contribution is 0.0788. The van der Waals surface area contributed by atoms with E-state index in [0.29, 0.717) is 24.7 Å². The van der Waals surface area contributed by atoms with Crippen LogP contribution >= 0.6 is 0 Å². The number of hydrogen-bond donors (Lipinski definition) is 2. The molecule has 0 atom stereocenters. The average molecular weight is 304 g/mol. The highest BCUT2D eigenvalue weighted by molar-refractivity contribution is 6.00. The lowest BCUT2D eigenvalue weighted by Crippen LogP contribution is -2.26. The van der Waals surface area contributed by atoms with Gasteiger partial charge >= 0.3 is 0 Å². The third kappa shape index (κ3) is 3.85. The maximum atomic E-state index is 8.08. The van der Waals surface area contributed by atoms with Crippen LogP contribution in [0.4, 0.5) is 0 Å². The van der Waals surface area contributed by atoms with E-state index in [1.807, 2.05) is 12.1 Å². The van der Waals surface area contributed by atoms with Gasteiger partial charge in [0.25, 0.3) is 0 Å². The van der Waals surface area contributed by atoms with E-state index in [2.05, 4.69) is 13.8 Å². The van der Waals surface area contributed by atoms with Crippen LogP contribution in [-0.4, -0.2) is 32.1 Å². The van der Waals surface area contributed by atoms with Gasteiger partial charge in [-0.2, -0.15) is 0 Å². The fourth-order valence-electron chi connectivity index (χ4n) is 2.54. The molecule has 0 bridgehead atoms. The summed E-state index contributed by atoms with van der Waals surface area (Å²) in [6, 6.07) is 5.60. The number of benzene rings is 1. The SMILES string of the molecule is COc1cc(C(=N)OC(=N)C2CCOCC2)ccc1C(C)C. The maximum Gasteiger partial charge on any atom is 0.221 e. The molecule has 0 aliphatic carbocycles. The van der Waals surface area contributed by atoms with Crippen LogP contribution in [0.2, 0.25) is 0 Å². The molecule has 0 spiro atoms. The zero-order valence-corrected chi connectivity index (χ0v) is 13.4. The van der Waals surface area contributed by atoms with Gasteiger partial charge in [-0.15, -0.1) is 0 Å². The van der Waals surface area contributed by atoms with Gasteiger partial charge in [0.05, 0.1) is 7.11 Å². The molecule has 0 aromatic heterocycles. The molecule has 5 nitrogen and oxygen atoms in total. The molecular weight excluding hydrogens is 280 g/mol.